The summed E-state index contributed by atoms with van der Waals surface area (Å²) in [4.78, 5) is 25.0. The molecular weight excluding hydrogens is 278 g/mol. The van der Waals surface area contributed by atoms with Gasteiger partial charge in [-0.3, -0.25) is 4.79 Å². The van der Waals surface area contributed by atoms with E-state index in [1.807, 2.05) is 19.9 Å². The number of rotatable bonds is 3. The second-order valence-electron chi connectivity index (χ2n) is 5.39. The largest absolute Gasteiger partial charge is 0.480 e. The monoisotopic (exact) mass is 295 g/mol. The van der Waals surface area contributed by atoms with Gasteiger partial charge in [-0.15, -0.1) is 0 Å². The topological polar surface area (TPSA) is 57.6 Å². The van der Waals surface area contributed by atoms with Crippen LogP contribution in [0.3, 0.4) is 0 Å². The smallest absolute Gasteiger partial charge is 0.326 e. The van der Waals surface area contributed by atoms with Crippen LogP contribution in [0.5, 0.6) is 0 Å². The molecule has 0 saturated carbocycles. The van der Waals surface area contributed by atoms with Gasteiger partial charge in [0.05, 0.1) is 0 Å². The number of carbonyl (C=O) groups excluding carboxylic acids is 1. The number of carboxylic acids is 1. The first-order valence-corrected chi connectivity index (χ1v) is 7.13. The van der Waals surface area contributed by atoms with Crippen molar-refractivity contribution in [1.82, 2.24) is 4.90 Å². The number of amides is 1. The maximum Gasteiger partial charge on any atom is 0.326 e. The SMILES string of the molecule is CC(C)c1ccc(C(=O)N2CCC[C@@H]2C(=O)O)cc1Cl. The molecule has 1 aliphatic heterocycles. The summed E-state index contributed by atoms with van der Waals surface area (Å²) < 4.78 is 0. The number of aliphatic carboxylic acids is 1. The molecule has 0 unspecified atom stereocenters. The predicted molar refractivity (Wildman–Crippen MR) is 77.2 cm³/mol. The van der Waals surface area contributed by atoms with E-state index in [4.69, 9.17) is 16.7 Å². The maximum atomic E-state index is 12.4. The van der Waals surface area contributed by atoms with Crippen molar-refractivity contribution >= 4 is 23.5 Å². The molecule has 5 heteroatoms. The summed E-state index contributed by atoms with van der Waals surface area (Å²) in [5, 5.41) is 9.68. The fraction of sp³-hybridized carbons (Fsp3) is 0.467. The number of hydrogen-bond donors (Lipinski definition) is 1. The lowest BCUT2D eigenvalue weighted by atomic mass is 10.0. The normalized spacial score (nSPS) is 18.6. The number of halogens is 1. The first-order valence-electron chi connectivity index (χ1n) is 6.75. The van der Waals surface area contributed by atoms with Gasteiger partial charge in [0.25, 0.3) is 5.91 Å². The Balaban J connectivity index is 2.25. The van der Waals surface area contributed by atoms with Crippen LogP contribution < -0.4 is 0 Å². The van der Waals surface area contributed by atoms with Crippen LogP contribution in [-0.4, -0.2) is 34.5 Å². The standard InChI is InChI=1S/C15H18ClNO3/c1-9(2)11-6-5-10(8-12(11)16)14(18)17-7-3-4-13(17)15(19)20/h5-6,8-9,13H,3-4,7H2,1-2H3,(H,19,20)/t13-/m1/s1. The van der Waals surface area contributed by atoms with Crippen molar-refractivity contribution in [1.29, 1.82) is 0 Å². The van der Waals surface area contributed by atoms with Crippen LogP contribution in [0.15, 0.2) is 18.2 Å². The minimum atomic E-state index is -0.944. The molecule has 108 valence electrons. The second-order valence-corrected chi connectivity index (χ2v) is 5.79. The molecule has 1 aromatic rings. The van der Waals surface area contributed by atoms with E-state index < -0.39 is 12.0 Å². The van der Waals surface area contributed by atoms with E-state index in [1.54, 1.807) is 12.1 Å². The first kappa shape index (κ1) is 14.9. The van der Waals surface area contributed by atoms with Gasteiger partial charge in [0.15, 0.2) is 0 Å². The predicted octanol–water partition coefficient (Wildman–Crippen LogP) is 3.15. The fourth-order valence-electron chi connectivity index (χ4n) is 2.56. The molecule has 4 nitrogen and oxygen atoms in total. The van der Waals surface area contributed by atoms with Crippen molar-refractivity contribution in [3.63, 3.8) is 0 Å². The average molecular weight is 296 g/mol. The molecule has 1 aromatic carbocycles. The van der Waals surface area contributed by atoms with Gasteiger partial charge in [-0.1, -0.05) is 31.5 Å². The highest BCUT2D eigenvalue weighted by Crippen LogP contribution is 2.27. The molecule has 0 radical (unpaired) electrons. The molecule has 20 heavy (non-hydrogen) atoms. The number of likely N-dealkylation sites (tertiary alicyclic amines) is 1. The molecule has 1 fully saturated rings. The second kappa shape index (κ2) is 5.83. The molecule has 2 rings (SSSR count). The number of hydrogen-bond acceptors (Lipinski definition) is 2. The van der Waals surface area contributed by atoms with Crippen molar-refractivity contribution in [2.24, 2.45) is 0 Å². The highest BCUT2D eigenvalue weighted by Gasteiger charge is 2.34. The summed E-state index contributed by atoms with van der Waals surface area (Å²) in [6.45, 7) is 4.55. The summed E-state index contributed by atoms with van der Waals surface area (Å²) in [6, 6.07) is 4.48. The van der Waals surface area contributed by atoms with Crippen LogP contribution >= 0.6 is 11.6 Å². The molecule has 1 amide bonds. The molecule has 0 spiro atoms. The van der Waals surface area contributed by atoms with Gasteiger partial charge < -0.3 is 10.0 Å². The van der Waals surface area contributed by atoms with Gasteiger partial charge in [0.1, 0.15) is 6.04 Å². The van der Waals surface area contributed by atoms with Crippen LogP contribution in [-0.2, 0) is 4.79 Å². The lowest BCUT2D eigenvalue weighted by molar-refractivity contribution is -0.141. The quantitative estimate of drug-likeness (QED) is 0.932. The Hall–Kier alpha value is -1.55. The number of carboxylic acid groups (broad SMARTS) is 1. The Kier molecular flexibility index (Phi) is 4.33. The lowest BCUT2D eigenvalue weighted by Gasteiger charge is -2.22. The number of benzene rings is 1. The summed E-state index contributed by atoms with van der Waals surface area (Å²) in [5.74, 6) is -0.918. The Morgan fingerprint density at radius 1 is 1.40 bits per heavy atom. The molecule has 1 saturated heterocycles. The molecule has 1 N–H and O–H groups in total. The zero-order valence-electron chi connectivity index (χ0n) is 11.6. The van der Waals surface area contributed by atoms with Crippen molar-refractivity contribution < 1.29 is 14.7 Å². The van der Waals surface area contributed by atoms with Crippen molar-refractivity contribution in [2.45, 2.75) is 38.6 Å². The maximum absolute atomic E-state index is 12.4. The third-order valence-corrected chi connectivity index (χ3v) is 4.00. The fourth-order valence-corrected chi connectivity index (χ4v) is 2.96. The zero-order valence-corrected chi connectivity index (χ0v) is 12.4. The lowest BCUT2D eigenvalue weighted by Crippen LogP contribution is -2.40. The molecule has 1 aliphatic rings. The van der Waals surface area contributed by atoms with Crippen LogP contribution in [0.25, 0.3) is 0 Å². The molecule has 0 bridgehead atoms. The Labute approximate surface area is 123 Å². The summed E-state index contributed by atoms with van der Waals surface area (Å²) in [5.41, 5.74) is 1.44. The van der Waals surface area contributed by atoms with E-state index in [0.29, 0.717) is 23.6 Å². The van der Waals surface area contributed by atoms with E-state index in [0.717, 1.165) is 12.0 Å². The Morgan fingerprint density at radius 3 is 2.65 bits per heavy atom. The van der Waals surface area contributed by atoms with Crippen molar-refractivity contribution in [3.05, 3.63) is 34.3 Å². The van der Waals surface area contributed by atoms with E-state index in [2.05, 4.69) is 0 Å². The third kappa shape index (κ3) is 2.80. The van der Waals surface area contributed by atoms with E-state index in [9.17, 15) is 9.59 Å². The summed E-state index contributed by atoms with van der Waals surface area (Å²) in [6.07, 6.45) is 1.24. The van der Waals surface area contributed by atoms with E-state index in [-0.39, 0.29) is 11.8 Å². The van der Waals surface area contributed by atoms with Crippen LogP contribution in [0.4, 0.5) is 0 Å². The zero-order chi connectivity index (χ0) is 14.9. The first-order chi connectivity index (χ1) is 9.41. The van der Waals surface area contributed by atoms with Crippen LogP contribution in [0.1, 0.15) is 48.5 Å². The van der Waals surface area contributed by atoms with Crippen LogP contribution in [0.2, 0.25) is 5.02 Å². The molecule has 0 aromatic heterocycles. The van der Waals surface area contributed by atoms with E-state index >= 15 is 0 Å². The minimum absolute atomic E-state index is 0.257. The average Bonchev–Trinajstić information content (AvgIpc) is 2.86. The molecule has 1 atom stereocenters. The van der Waals surface area contributed by atoms with Gasteiger partial charge >= 0.3 is 5.97 Å². The van der Waals surface area contributed by atoms with Gasteiger partial charge in [-0.25, -0.2) is 4.79 Å². The summed E-state index contributed by atoms with van der Waals surface area (Å²) >= 11 is 6.19. The van der Waals surface area contributed by atoms with Gasteiger partial charge in [0.2, 0.25) is 0 Å². The number of nitrogens with zero attached hydrogens (tertiary/aromatic N) is 1. The highest BCUT2D eigenvalue weighted by molar-refractivity contribution is 6.31. The minimum Gasteiger partial charge on any atom is -0.480 e. The Bertz CT molecular complexity index is 542. The van der Waals surface area contributed by atoms with Gasteiger partial charge in [-0.2, -0.15) is 0 Å². The van der Waals surface area contributed by atoms with Crippen molar-refractivity contribution in [2.75, 3.05) is 6.54 Å². The highest BCUT2D eigenvalue weighted by atomic mass is 35.5. The van der Waals surface area contributed by atoms with Gasteiger partial charge in [0, 0.05) is 17.1 Å². The number of carbonyl (C=O) groups is 2. The molecule has 0 aliphatic carbocycles. The Morgan fingerprint density at radius 2 is 2.10 bits per heavy atom. The molecular formula is C15H18ClNO3. The molecule has 1 heterocycles. The van der Waals surface area contributed by atoms with E-state index in [1.165, 1.54) is 4.90 Å². The third-order valence-electron chi connectivity index (χ3n) is 3.67. The van der Waals surface area contributed by atoms with Crippen molar-refractivity contribution in [3.8, 4) is 0 Å². The summed E-state index contributed by atoms with van der Waals surface area (Å²) in [7, 11) is 0. The van der Waals surface area contributed by atoms with Crippen LogP contribution in [0, 0.1) is 0 Å². The van der Waals surface area contributed by atoms with Gasteiger partial charge in [-0.05, 0) is 36.5 Å².